The normalized spacial score (nSPS) is 10.2. The van der Waals surface area contributed by atoms with Crippen molar-refractivity contribution in [2.24, 2.45) is 0 Å². The average Bonchev–Trinajstić information content (AvgIpc) is 2.68. The summed E-state index contributed by atoms with van der Waals surface area (Å²) in [4.78, 5) is 14.3. The van der Waals surface area contributed by atoms with Crippen LogP contribution >= 0.6 is 0 Å². The molecule has 0 saturated carbocycles. The second kappa shape index (κ2) is 4.04. The molecule has 0 atom stereocenters. The number of hydrogen-bond acceptors (Lipinski definition) is 2. The summed E-state index contributed by atoms with van der Waals surface area (Å²) in [6, 6.07) is 6.08. The summed E-state index contributed by atoms with van der Waals surface area (Å²) in [5, 5.41) is 0. The molecule has 1 aromatic carbocycles. The summed E-state index contributed by atoms with van der Waals surface area (Å²) < 4.78 is 14.4. The van der Waals surface area contributed by atoms with Gasteiger partial charge in [-0.15, -0.1) is 0 Å². The number of aromatic nitrogens is 2. The van der Waals surface area contributed by atoms with Crippen molar-refractivity contribution in [1.82, 2.24) is 9.55 Å². The molecule has 0 radical (unpaired) electrons. The van der Waals surface area contributed by atoms with Gasteiger partial charge in [-0.1, -0.05) is 0 Å². The first-order valence-corrected chi connectivity index (χ1v) is 4.52. The zero-order chi connectivity index (χ0) is 10.7. The van der Waals surface area contributed by atoms with E-state index in [1.54, 1.807) is 29.2 Å². The van der Waals surface area contributed by atoms with E-state index in [0.29, 0.717) is 12.1 Å². The van der Waals surface area contributed by atoms with Gasteiger partial charge in [-0.05, 0) is 24.3 Å². The molecule has 0 fully saturated rings. The summed E-state index contributed by atoms with van der Waals surface area (Å²) in [5.74, 6) is -0.271. The summed E-state index contributed by atoms with van der Waals surface area (Å²) in [6.07, 6.45) is 4.46. The van der Waals surface area contributed by atoms with Crippen LogP contribution in [0.15, 0.2) is 36.8 Å². The van der Waals surface area contributed by atoms with Crippen molar-refractivity contribution in [1.29, 1.82) is 0 Å². The van der Waals surface area contributed by atoms with Crippen LogP contribution in [0.5, 0.6) is 0 Å². The molecule has 3 nitrogen and oxygen atoms in total. The SMILES string of the molecule is O=CCc1cn(-c2ccc(F)cc2)cn1. The minimum absolute atomic E-state index is 0.271. The lowest BCUT2D eigenvalue weighted by molar-refractivity contribution is -0.107. The van der Waals surface area contributed by atoms with Gasteiger partial charge in [-0.25, -0.2) is 9.37 Å². The molecule has 0 N–H and O–H groups in total. The van der Waals surface area contributed by atoms with Crippen LogP contribution in [-0.4, -0.2) is 15.8 Å². The van der Waals surface area contributed by atoms with E-state index in [4.69, 9.17) is 0 Å². The van der Waals surface area contributed by atoms with Crippen molar-refractivity contribution in [3.8, 4) is 5.69 Å². The molecular weight excluding hydrogens is 195 g/mol. The van der Waals surface area contributed by atoms with E-state index in [-0.39, 0.29) is 5.82 Å². The number of rotatable bonds is 3. The molecule has 0 saturated heterocycles. The fourth-order valence-corrected chi connectivity index (χ4v) is 1.31. The largest absolute Gasteiger partial charge is 0.306 e. The van der Waals surface area contributed by atoms with E-state index < -0.39 is 0 Å². The summed E-state index contributed by atoms with van der Waals surface area (Å²) in [5.41, 5.74) is 1.52. The first-order valence-electron chi connectivity index (χ1n) is 4.52. The lowest BCUT2D eigenvalue weighted by Gasteiger charge is -2.00. The third-order valence-corrected chi connectivity index (χ3v) is 2.05. The molecule has 1 aromatic heterocycles. The summed E-state index contributed by atoms with van der Waals surface area (Å²) in [6.45, 7) is 0. The van der Waals surface area contributed by atoms with Crippen LogP contribution in [-0.2, 0) is 11.2 Å². The third-order valence-electron chi connectivity index (χ3n) is 2.05. The van der Waals surface area contributed by atoms with Gasteiger partial charge >= 0.3 is 0 Å². The predicted molar refractivity (Wildman–Crippen MR) is 53.3 cm³/mol. The molecule has 2 aromatic rings. The van der Waals surface area contributed by atoms with Crippen LogP contribution < -0.4 is 0 Å². The van der Waals surface area contributed by atoms with E-state index in [1.807, 2.05) is 0 Å². The summed E-state index contributed by atoms with van der Waals surface area (Å²) in [7, 11) is 0. The maximum absolute atomic E-state index is 12.7. The Morgan fingerprint density at radius 3 is 2.73 bits per heavy atom. The minimum Gasteiger partial charge on any atom is -0.306 e. The van der Waals surface area contributed by atoms with Crippen LogP contribution in [0.25, 0.3) is 5.69 Å². The maximum atomic E-state index is 12.7. The maximum Gasteiger partial charge on any atom is 0.125 e. The van der Waals surface area contributed by atoms with E-state index in [2.05, 4.69) is 4.98 Å². The third kappa shape index (κ3) is 2.10. The molecule has 0 aliphatic heterocycles. The molecule has 0 amide bonds. The molecule has 2 rings (SSSR count). The van der Waals surface area contributed by atoms with Gasteiger partial charge in [0.15, 0.2) is 0 Å². The first-order chi connectivity index (χ1) is 7.29. The van der Waals surface area contributed by atoms with Gasteiger partial charge in [0.05, 0.1) is 12.0 Å². The van der Waals surface area contributed by atoms with Crippen molar-refractivity contribution in [2.45, 2.75) is 6.42 Å². The number of nitrogens with zero attached hydrogens (tertiary/aromatic N) is 2. The fraction of sp³-hybridized carbons (Fsp3) is 0.0909. The molecule has 0 bridgehead atoms. The van der Waals surface area contributed by atoms with Gasteiger partial charge in [0.1, 0.15) is 12.1 Å². The Morgan fingerprint density at radius 2 is 2.07 bits per heavy atom. The highest BCUT2D eigenvalue weighted by Crippen LogP contribution is 2.09. The highest BCUT2D eigenvalue weighted by atomic mass is 19.1. The molecule has 4 heteroatoms. The van der Waals surface area contributed by atoms with Gasteiger partial charge < -0.3 is 9.36 Å². The van der Waals surface area contributed by atoms with Crippen molar-refractivity contribution in [3.05, 3.63) is 48.3 Å². The van der Waals surface area contributed by atoms with Gasteiger partial charge in [-0.2, -0.15) is 0 Å². The Labute approximate surface area is 86.2 Å². The number of benzene rings is 1. The van der Waals surface area contributed by atoms with Crippen molar-refractivity contribution >= 4 is 6.29 Å². The van der Waals surface area contributed by atoms with Gasteiger partial charge in [-0.3, -0.25) is 0 Å². The number of carbonyl (C=O) groups is 1. The van der Waals surface area contributed by atoms with E-state index >= 15 is 0 Å². The molecule has 0 aliphatic rings. The zero-order valence-corrected chi connectivity index (χ0v) is 7.93. The minimum atomic E-state index is -0.271. The second-order valence-electron chi connectivity index (χ2n) is 3.12. The predicted octanol–water partition coefficient (Wildman–Crippen LogP) is 1.75. The fourth-order valence-electron chi connectivity index (χ4n) is 1.31. The van der Waals surface area contributed by atoms with E-state index in [9.17, 15) is 9.18 Å². The van der Waals surface area contributed by atoms with Crippen LogP contribution in [0.1, 0.15) is 5.69 Å². The molecule has 0 unspecified atom stereocenters. The van der Waals surface area contributed by atoms with E-state index in [0.717, 1.165) is 12.0 Å². The Bertz CT molecular complexity index is 462. The number of hydrogen-bond donors (Lipinski definition) is 0. The molecule has 0 spiro atoms. The smallest absolute Gasteiger partial charge is 0.125 e. The Balaban J connectivity index is 2.28. The monoisotopic (exact) mass is 204 g/mol. The Kier molecular flexibility index (Phi) is 2.58. The van der Waals surface area contributed by atoms with Crippen LogP contribution in [0.2, 0.25) is 0 Å². The number of halogens is 1. The lowest BCUT2D eigenvalue weighted by atomic mass is 10.3. The van der Waals surface area contributed by atoms with Gasteiger partial charge in [0.25, 0.3) is 0 Å². The molecule has 0 aliphatic carbocycles. The quantitative estimate of drug-likeness (QED) is 0.714. The van der Waals surface area contributed by atoms with Crippen molar-refractivity contribution < 1.29 is 9.18 Å². The van der Waals surface area contributed by atoms with Crippen LogP contribution in [0.3, 0.4) is 0 Å². The van der Waals surface area contributed by atoms with Crippen LogP contribution in [0.4, 0.5) is 4.39 Å². The standard InChI is InChI=1S/C11H9FN2O/c12-9-1-3-11(4-2-9)14-7-10(5-6-15)13-8-14/h1-4,6-8H,5H2. The van der Waals surface area contributed by atoms with Crippen molar-refractivity contribution in [3.63, 3.8) is 0 Å². The zero-order valence-electron chi connectivity index (χ0n) is 7.93. The highest BCUT2D eigenvalue weighted by molar-refractivity contribution is 5.53. The number of carbonyl (C=O) groups excluding carboxylic acids is 1. The average molecular weight is 204 g/mol. The van der Waals surface area contributed by atoms with Crippen molar-refractivity contribution in [2.75, 3.05) is 0 Å². The van der Waals surface area contributed by atoms with Crippen LogP contribution in [0, 0.1) is 5.82 Å². The Morgan fingerprint density at radius 1 is 1.33 bits per heavy atom. The second-order valence-corrected chi connectivity index (χ2v) is 3.12. The number of aldehydes is 1. The van der Waals surface area contributed by atoms with Gasteiger partial charge in [0, 0.05) is 18.3 Å². The lowest BCUT2D eigenvalue weighted by Crippen LogP contribution is -1.90. The highest BCUT2D eigenvalue weighted by Gasteiger charge is 2.00. The van der Waals surface area contributed by atoms with Gasteiger partial charge in [0.2, 0.25) is 0 Å². The first kappa shape index (κ1) is 9.58. The molecule has 15 heavy (non-hydrogen) atoms. The van der Waals surface area contributed by atoms with E-state index in [1.165, 1.54) is 12.1 Å². The summed E-state index contributed by atoms with van der Waals surface area (Å²) >= 11 is 0. The molecular formula is C11H9FN2O. The molecule has 76 valence electrons. The number of imidazole rings is 1. The Hall–Kier alpha value is -1.97. The molecule has 1 heterocycles. The topological polar surface area (TPSA) is 34.9 Å².